The summed E-state index contributed by atoms with van der Waals surface area (Å²) in [6, 6.07) is 4.77. The summed E-state index contributed by atoms with van der Waals surface area (Å²) in [4.78, 5) is 13.9. The van der Waals surface area contributed by atoms with E-state index in [1.54, 1.807) is 17.9 Å². The highest BCUT2D eigenvalue weighted by molar-refractivity contribution is 7.92. The highest BCUT2D eigenvalue weighted by Crippen LogP contribution is 2.27. The first-order valence-electron chi connectivity index (χ1n) is 6.73. The number of sulfone groups is 1. The molecule has 6 heteroatoms. The molecule has 1 aliphatic rings. The summed E-state index contributed by atoms with van der Waals surface area (Å²) in [6.07, 6.45) is 1.95. The number of rotatable bonds is 5. The molecule has 1 aromatic carbocycles. The van der Waals surface area contributed by atoms with E-state index in [0.29, 0.717) is 17.8 Å². The van der Waals surface area contributed by atoms with Crippen molar-refractivity contribution in [2.45, 2.75) is 37.6 Å². The van der Waals surface area contributed by atoms with Crippen molar-refractivity contribution in [3.63, 3.8) is 0 Å². The Morgan fingerprint density at radius 1 is 1.40 bits per heavy atom. The van der Waals surface area contributed by atoms with Crippen molar-refractivity contribution < 1.29 is 13.2 Å². The zero-order valence-corrected chi connectivity index (χ0v) is 12.6. The van der Waals surface area contributed by atoms with Crippen LogP contribution in [-0.4, -0.2) is 37.6 Å². The van der Waals surface area contributed by atoms with Crippen LogP contribution in [0.4, 0.5) is 5.69 Å². The van der Waals surface area contributed by atoms with Crippen LogP contribution in [0.15, 0.2) is 23.1 Å². The van der Waals surface area contributed by atoms with Crippen LogP contribution in [0.5, 0.6) is 0 Å². The molecule has 0 atom stereocenters. The summed E-state index contributed by atoms with van der Waals surface area (Å²) in [5, 5.41) is 0. The highest BCUT2D eigenvalue weighted by Gasteiger charge is 2.33. The van der Waals surface area contributed by atoms with Gasteiger partial charge in [-0.3, -0.25) is 4.79 Å². The number of hydrogen-bond acceptors (Lipinski definition) is 4. The first-order valence-corrected chi connectivity index (χ1v) is 8.38. The van der Waals surface area contributed by atoms with Gasteiger partial charge in [0.25, 0.3) is 0 Å². The lowest BCUT2D eigenvalue weighted by Gasteiger charge is -2.20. The maximum atomic E-state index is 12.3. The van der Waals surface area contributed by atoms with Gasteiger partial charge in [0.05, 0.1) is 4.90 Å². The summed E-state index contributed by atoms with van der Waals surface area (Å²) in [5.41, 5.74) is 6.93. The van der Waals surface area contributed by atoms with E-state index in [4.69, 9.17) is 5.73 Å². The lowest BCUT2D eigenvalue weighted by Crippen LogP contribution is -2.37. The fraction of sp³-hybridized carbons (Fsp3) is 0.500. The van der Waals surface area contributed by atoms with Crippen LogP contribution in [0.3, 0.4) is 0 Å². The number of carbonyl (C=O) groups excluding carboxylic acids is 1. The third kappa shape index (κ3) is 3.12. The summed E-state index contributed by atoms with van der Waals surface area (Å²) in [5.74, 6) is -0.787. The van der Waals surface area contributed by atoms with Crippen LogP contribution in [-0.2, 0) is 14.6 Å². The van der Waals surface area contributed by atoms with Crippen LogP contribution in [0, 0.1) is 6.92 Å². The molecule has 110 valence electrons. The first-order chi connectivity index (χ1) is 9.35. The van der Waals surface area contributed by atoms with Crippen LogP contribution in [0.25, 0.3) is 0 Å². The van der Waals surface area contributed by atoms with Crippen molar-refractivity contribution in [1.82, 2.24) is 4.90 Å². The van der Waals surface area contributed by atoms with Crippen molar-refractivity contribution in [3.05, 3.63) is 23.8 Å². The van der Waals surface area contributed by atoms with Gasteiger partial charge in [0.1, 0.15) is 5.75 Å². The predicted molar refractivity (Wildman–Crippen MR) is 78.1 cm³/mol. The summed E-state index contributed by atoms with van der Waals surface area (Å²) < 4.78 is 24.6. The third-order valence-electron chi connectivity index (χ3n) is 3.56. The van der Waals surface area contributed by atoms with Gasteiger partial charge >= 0.3 is 0 Å². The van der Waals surface area contributed by atoms with Gasteiger partial charge in [-0.15, -0.1) is 0 Å². The van der Waals surface area contributed by atoms with E-state index in [1.165, 1.54) is 12.1 Å². The van der Waals surface area contributed by atoms with E-state index in [2.05, 4.69) is 0 Å². The van der Waals surface area contributed by atoms with E-state index >= 15 is 0 Å². The second kappa shape index (κ2) is 5.44. The molecule has 20 heavy (non-hydrogen) atoms. The fourth-order valence-corrected chi connectivity index (χ4v) is 3.48. The number of amides is 1. The van der Waals surface area contributed by atoms with Gasteiger partial charge in [0.15, 0.2) is 9.84 Å². The standard InChI is InChI=1S/C14H20N2O3S/c1-3-16(11-4-5-11)14(17)9-20(18,19)12-6-7-13(15)10(2)8-12/h6-8,11H,3-5,9,15H2,1-2H3. The Bertz CT molecular complexity index is 621. The molecule has 1 saturated carbocycles. The number of nitrogens with zero attached hydrogens (tertiary/aromatic N) is 1. The number of hydrogen-bond donors (Lipinski definition) is 1. The summed E-state index contributed by atoms with van der Waals surface area (Å²) >= 11 is 0. The van der Waals surface area contributed by atoms with E-state index in [9.17, 15) is 13.2 Å². The monoisotopic (exact) mass is 296 g/mol. The van der Waals surface area contributed by atoms with Crippen molar-refractivity contribution in [2.75, 3.05) is 18.0 Å². The molecule has 0 aliphatic heterocycles. The number of aryl methyl sites for hydroxylation is 1. The molecular formula is C14H20N2O3S. The minimum atomic E-state index is -3.61. The largest absolute Gasteiger partial charge is 0.399 e. The molecular weight excluding hydrogens is 276 g/mol. The molecule has 1 aliphatic carbocycles. The molecule has 0 unspecified atom stereocenters. The smallest absolute Gasteiger partial charge is 0.238 e. The van der Waals surface area contributed by atoms with Crippen molar-refractivity contribution >= 4 is 21.4 Å². The minimum Gasteiger partial charge on any atom is -0.399 e. The Labute approximate surface area is 119 Å². The van der Waals surface area contributed by atoms with E-state index in [-0.39, 0.29) is 16.8 Å². The second-order valence-corrected chi connectivity index (χ2v) is 7.18. The molecule has 1 aromatic rings. The van der Waals surface area contributed by atoms with Crippen molar-refractivity contribution in [2.24, 2.45) is 0 Å². The molecule has 0 radical (unpaired) electrons. The Morgan fingerprint density at radius 2 is 2.05 bits per heavy atom. The molecule has 2 rings (SSSR count). The van der Waals surface area contributed by atoms with E-state index < -0.39 is 15.6 Å². The van der Waals surface area contributed by atoms with Crippen LogP contribution < -0.4 is 5.73 Å². The lowest BCUT2D eigenvalue weighted by molar-refractivity contribution is -0.128. The average molecular weight is 296 g/mol. The highest BCUT2D eigenvalue weighted by atomic mass is 32.2. The Morgan fingerprint density at radius 3 is 2.55 bits per heavy atom. The Balaban J connectivity index is 2.17. The van der Waals surface area contributed by atoms with Gasteiger partial charge in [-0.05, 0) is 50.5 Å². The maximum Gasteiger partial charge on any atom is 0.238 e. The summed E-state index contributed by atoms with van der Waals surface area (Å²) in [6.45, 7) is 4.18. The van der Waals surface area contributed by atoms with Gasteiger partial charge in [0, 0.05) is 18.3 Å². The molecule has 2 N–H and O–H groups in total. The number of anilines is 1. The molecule has 0 bridgehead atoms. The Hall–Kier alpha value is -1.56. The van der Waals surface area contributed by atoms with E-state index in [0.717, 1.165) is 12.8 Å². The normalized spacial score (nSPS) is 15.1. The van der Waals surface area contributed by atoms with Crippen molar-refractivity contribution in [3.8, 4) is 0 Å². The van der Waals surface area contributed by atoms with E-state index in [1.807, 2.05) is 6.92 Å². The SMILES string of the molecule is CCN(C(=O)CS(=O)(=O)c1ccc(N)c(C)c1)C1CC1. The average Bonchev–Trinajstić information content (AvgIpc) is 3.17. The number of carbonyl (C=O) groups is 1. The zero-order chi connectivity index (χ0) is 14.9. The molecule has 1 amide bonds. The van der Waals surface area contributed by atoms with Gasteiger partial charge in [-0.25, -0.2) is 8.42 Å². The molecule has 1 fully saturated rings. The lowest BCUT2D eigenvalue weighted by atomic mass is 10.2. The predicted octanol–water partition coefficient (Wildman–Crippen LogP) is 1.36. The first kappa shape index (κ1) is 14.8. The molecule has 0 aromatic heterocycles. The van der Waals surface area contributed by atoms with Crippen LogP contribution in [0.1, 0.15) is 25.3 Å². The quantitative estimate of drug-likeness (QED) is 0.832. The van der Waals surface area contributed by atoms with Crippen molar-refractivity contribution in [1.29, 1.82) is 0 Å². The molecule has 5 nitrogen and oxygen atoms in total. The van der Waals surface area contributed by atoms with Gasteiger partial charge < -0.3 is 10.6 Å². The van der Waals surface area contributed by atoms with Gasteiger partial charge in [-0.2, -0.15) is 0 Å². The van der Waals surface area contributed by atoms with Gasteiger partial charge in [-0.1, -0.05) is 0 Å². The van der Waals surface area contributed by atoms with Gasteiger partial charge in [0.2, 0.25) is 5.91 Å². The van der Waals surface area contributed by atoms with Crippen LogP contribution >= 0.6 is 0 Å². The summed E-state index contributed by atoms with van der Waals surface area (Å²) in [7, 11) is -3.61. The molecule has 0 spiro atoms. The molecule has 0 heterocycles. The van der Waals surface area contributed by atoms with Crippen LogP contribution in [0.2, 0.25) is 0 Å². The topological polar surface area (TPSA) is 80.5 Å². The molecule has 0 saturated heterocycles. The Kier molecular flexibility index (Phi) is 4.04. The fourth-order valence-electron chi connectivity index (χ4n) is 2.19. The zero-order valence-electron chi connectivity index (χ0n) is 11.8. The number of nitrogens with two attached hydrogens (primary N) is 1. The third-order valence-corrected chi connectivity index (χ3v) is 5.16. The maximum absolute atomic E-state index is 12.3. The minimum absolute atomic E-state index is 0.157. The number of benzene rings is 1. The second-order valence-electron chi connectivity index (χ2n) is 5.19. The number of nitrogen functional groups attached to an aromatic ring is 1.